The lowest BCUT2D eigenvalue weighted by molar-refractivity contribution is -0.159. The molecule has 0 atom stereocenters. The van der Waals surface area contributed by atoms with Crippen LogP contribution in [-0.4, -0.2) is 50.2 Å². The van der Waals surface area contributed by atoms with Gasteiger partial charge in [0.25, 0.3) is 0 Å². The van der Waals surface area contributed by atoms with Crippen LogP contribution in [0.1, 0.15) is 0 Å². The molecule has 0 saturated heterocycles. The van der Waals surface area contributed by atoms with Crippen LogP contribution in [-0.2, 0) is 33.3 Å². The summed E-state index contributed by atoms with van der Waals surface area (Å²) in [5.74, 6) is -3.65. The van der Waals surface area contributed by atoms with Gasteiger partial charge in [-0.15, -0.1) is 0 Å². The van der Waals surface area contributed by atoms with E-state index in [0.29, 0.717) is 0 Å². The Hall–Kier alpha value is -2.88. The summed E-state index contributed by atoms with van der Waals surface area (Å²) in [6, 6.07) is 0. The summed E-state index contributed by atoms with van der Waals surface area (Å²) < 4.78 is 21.4. The quantitative estimate of drug-likeness (QED) is 0.130. The summed E-state index contributed by atoms with van der Waals surface area (Å²) in [4.78, 5) is 57.9. The minimum Gasteiger partial charge on any atom is -0.473 e. The third kappa shape index (κ3) is 231. The number of aliphatic carboxylic acids is 2. The van der Waals surface area contributed by atoms with Crippen LogP contribution >= 0.6 is 7.82 Å². The Kier molecular flexibility index (Phi) is 38.0. The summed E-state index contributed by atoms with van der Waals surface area (Å²) >= 11 is 0. The van der Waals surface area contributed by atoms with Crippen molar-refractivity contribution in [3.05, 3.63) is 0 Å². The molecule has 0 aromatic rings. The van der Waals surface area contributed by atoms with E-state index >= 15 is 0 Å². The van der Waals surface area contributed by atoms with E-state index < -0.39 is 19.8 Å². The van der Waals surface area contributed by atoms with Gasteiger partial charge in [0.15, 0.2) is 0 Å². The molecule has 0 unspecified atom stereocenters. The van der Waals surface area contributed by atoms with Crippen molar-refractivity contribution >= 4 is 38.0 Å². The molecule has 16 heteroatoms. The van der Waals surface area contributed by atoms with E-state index in [1.807, 2.05) is 0 Å². The molecule has 0 aliphatic carbocycles. The Balaban J connectivity index is -0.0000000533. The zero-order valence-electron chi connectivity index (χ0n) is 9.47. The molecule has 0 aromatic heterocycles. The molecule has 0 rings (SSSR count). The number of carbonyl (C=O) groups excluding carboxylic acids is 3. The third-order valence-corrected chi connectivity index (χ3v) is 0.453. The van der Waals surface area contributed by atoms with Crippen molar-refractivity contribution in [2.45, 2.75) is 0 Å². The summed E-state index contributed by atoms with van der Waals surface area (Å²) in [5.41, 5.74) is 0. The van der Waals surface area contributed by atoms with Gasteiger partial charge in [-0.25, -0.2) is 44.8 Å². The normalized spacial score (nSPS) is 6.62. The van der Waals surface area contributed by atoms with E-state index in [1.54, 1.807) is 0 Å². The summed E-state index contributed by atoms with van der Waals surface area (Å²) in [5, 5.41) is 31.0. The molecule has 0 saturated carbocycles. The van der Waals surface area contributed by atoms with Crippen molar-refractivity contribution in [2.75, 3.05) is 0 Å². The molecule has 0 radical (unpaired) electrons. The number of isocyanates is 3. The smallest absolute Gasteiger partial charge is 0.473 e. The lowest BCUT2D eigenvalue weighted by Crippen LogP contribution is -2.09. The highest BCUT2D eigenvalue weighted by Crippen LogP contribution is 2.35. The van der Waals surface area contributed by atoms with Gasteiger partial charge in [0, 0.05) is 0 Å². The lowest BCUT2D eigenvalue weighted by Gasteiger charge is -1.87. The molecule has 120 valence electrons. The maximum atomic E-state index is 10.2. The second kappa shape index (κ2) is 25.8. The summed E-state index contributed by atoms with van der Waals surface area (Å²) in [6.07, 6.45) is 2.25. The first-order valence-corrected chi connectivity index (χ1v) is 4.92. The average Bonchev–Trinajstić information content (AvgIpc) is 2.31. The number of halogens is 1. The maximum absolute atomic E-state index is 10.2. The van der Waals surface area contributed by atoms with Crippen LogP contribution < -0.4 is 0 Å². The van der Waals surface area contributed by atoms with E-state index in [0.717, 1.165) is 18.2 Å². The van der Waals surface area contributed by atoms with Gasteiger partial charge in [-0.2, -0.15) is 0 Å². The molecule has 21 heavy (non-hydrogen) atoms. The zero-order valence-corrected chi connectivity index (χ0v) is 10.4. The highest BCUT2D eigenvalue weighted by atomic mass is 31.2. The molecule has 0 amide bonds. The molecule has 0 aliphatic heterocycles. The second-order valence-electron chi connectivity index (χ2n) is 1.48. The average molecular weight is 335 g/mol. The number of hydrogen-bond acceptors (Lipinski definition) is 10. The first kappa shape index (κ1) is 30.9. The van der Waals surface area contributed by atoms with Crippen LogP contribution in [0.3, 0.4) is 0 Å². The van der Waals surface area contributed by atoms with Gasteiger partial charge in [0.2, 0.25) is 18.2 Å². The van der Waals surface area contributed by atoms with Crippen molar-refractivity contribution in [1.29, 1.82) is 16.2 Å². The van der Waals surface area contributed by atoms with Crippen molar-refractivity contribution in [1.82, 2.24) is 0 Å². The number of nitrogens with one attached hydrogen (secondary N) is 3. The number of rotatable bonds is 1. The van der Waals surface area contributed by atoms with E-state index in [2.05, 4.69) is 4.73 Å². The number of carbonyl (C=O) groups is 2. The van der Waals surface area contributed by atoms with Crippen LogP contribution in [0.5, 0.6) is 0 Å². The molecule has 7 N–H and O–H groups in total. The molecular formula is C5H7FN3O11P. The fourth-order valence-electron chi connectivity index (χ4n) is 0. The van der Waals surface area contributed by atoms with Crippen molar-refractivity contribution in [2.24, 2.45) is 0 Å². The number of hydrogen-bond donors (Lipinski definition) is 7. The van der Waals surface area contributed by atoms with Crippen molar-refractivity contribution < 1.29 is 57.8 Å². The molecular weight excluding hydrogens is 328 g/mol. The first-order chi connectivity index (χ1) is 9.45. The summed E-state index contributed by atoms with van der Waals surface area (Å²) in [6.45, 7) is 0. The summed E-state index contributed by atoms with van der Waals surface area (Å²) in [7, 11) is -4.81. The highest BCUT2D eigenvalue weighted by molar-refractivity contribution is 7.46. The van der Waals surface area contributed by atoms with Gasteiger partial charge in [-0.1, -0.05) is 4.73 Å². The van der Waals surface area contributed by atoms with E-state index in [4.69, 9.17) is 64.8 Å². The molecule has 0 aromatic carbocycles. The Bertz CT molecular complexity index is 387. The van der Waals surface area contributed by atoms with Gasteiger partial charge in [0.1, 0.15) is 0 Å². The lowest BCUT2D eigenvalue weighted by atomic mass is 10.7. The van der Waals surface area contributed by atoms with Crippen LogP contribution in [0.25, 0.3) is 0 Å². The Labute approximate surface area is 113 Å². The minimum absolute atomic E-state index is 0.750. The topological polar surface area (TPSA) is 264 Å². The number of carboxylic acids is 2. The van der Waals surface area contributed by atoms with Gasteiger partial charge >= 0.3 is 19.8 Å². The monoisotopic (exact) mass is 335 g/mol. The number of carboxylic acid groups (broad SMARTS) is 2. The van der Waals surface area contributed by atoms with Gasteiger partial charge in [0.05, 0.1) is 0 Å². The highest BCUT2D eigenvalue weighted by Gasteiger charge is 2.12. The molecule has 0 aliphatic rings. The van der Waals surface area contributed by atoms with Crippen LogP contribution in [0.2, 0.25) is 0 Å². The van der Waals surface area contributed by atoms with Crippen molar-refractivity contribution in [3.8, 4) is 0 Å². The predicted molar refractivity (Wildman–Crippen MR) is 54.7 cm³/mol. The maximum Gasteiger partial charge on any atom is 0.500 e. The van der Waals surface area contributed by atoms with Gasteiger partial charge in [-0.3, -0.25) is 0 Å². The predicted octanol–water partition coefficient (Wildman–Crippen LogP) is -1.16. The molecule has 14 nitrogen and oxygen atoms in total. The Morgan fingerprint density at radius 1 is 0.905 bits per heavy atom. The van der Waals surface area contributed by atoms with Gasteiger partial charge < -0.3 is 20.0 Å². The van der Waals surface area contributed by atoms with E-state index in [9.17, 15) is 4.53 Å². The largest absolute Gasteiger partial charge is 0.500 e. The standard InChI is InChI=1S/C2H2O4.3CHNO.FH2O4P/c3-1(4)2(5)6;3*2-1-3;1-5-6(2,3)4/h(H,3,4)(H,5,6);3*2H;(H2,2,3,4). The molecule has 0 bridgehead atoms. The fraction of sp³-hybridized carbons (Fsp3) is 0. The molecule has 0 spiro atoms. The van der Waals surface area contributed by atoms with Crippen LogP contribution in [0.4, 0.5) is 4.53 Å². The SMILES string of the molecule is N=C=O.N=C=O.N=C=O.O=C(O)C(=O)O.O=P(O)(O)OF. The van der Waals surface area contributed by atoms with E-state index in [-0.39, 0.29) is 0 Å². The van der Waals surface area contributed by atoms with Crippen molar-refractivity contribution in [3.63, 3.8) is 0 Å². The number of phosphoric acid groups is 1. The van der Waals surface area contributed by atoms with Gasteiger partial charge in [-0.05, 0) is 4.53 Å². The third-order valence-electron chi connectivity index (χ3n) is 0.273. The fourth-order valence-corrected chi connectivity index (χ4v) is 0. The minimum atomic E-state index is -4.81. The molecule has 0 heterocycles. The Morgan fingerprint density at radius 2 is 1.00 bits per heavy atom. The van der Waals surface area contributed by atoms with E-state index in [1.165, 1.54) is 0 Å². The second-order valence-corrected chi connectivity index (χ2v) is 2.60. The van der Waals surface area contributed by atoms with Crippen LogP contribution in [0.15, 0.2) is 0 Å². The first-order valence-electron chi connectivity index (χ1n) is 3.39. The zero-order chi connectivity index (χ0) is 18.5. The van der Waals surface area contributed by atoms with Crippen LogP contribution in [0, 0.1) is 16.2 Å². The Morgan fingerprint density at radius 3 is 1.00 bits per heavy atom. The molecule has 0 fully saturated rings.